The monoisotopic (exact) mass is 201 g/mol. The van der Waals surface area contributed by atoms with Crippen LogP contribution in [0.15, 0.2) is 0 Å². The van der Waals surface area contributed by atoms with E-state index in [0.717, 1.165) is 0 Å². The summed E-state index contributed by atoms with van der Waals surface area (Å²) in [5.41, 5.74) is 4.60. The summed E-state index contributed by atoms with van der Waals surface area (Å²) < 4.78 is 24.8. The average Bonchev–Trinajstić information content (AvgIpc) is 1.78. The van der Waals surface area contributed by atoms with Crippen LogP contribution >= 0.6 is 10.7 Å². The van der Waals surface area contributed by atoms with E-state index in [1.165, 1.54) is 0 Å². The van der Waals surface area contributed by atoms with Gasteiger partial charge in [0.05, 0.1) is 12.4 Å². The summed E-state index contributed by atoms with van der Waals surface area (Å²) >= 11 is 0. The highest BCUT2D eigenvalue weighted by Gasteiger charge is 2.04. The van der Waals surface area contributed by atoms with Gasteiger partial charge in [0.2, 0.25) is 9.05 Å². The van der Waals surface area contributed by atoms with Crippen LogP contribution in [-0.4, -0.2) is 26.9 Å². The number of ether oxygens (including phenoxy) is 1. The molecule has 5 nitrogen and oxygen atoms in total. The first-order valence-corrected chi connectivity index (χ1v) is 5.24. The Kier molecular flexibility index (Phi) is 4.20. The first-order valence-electron chi connectivity index (χ1n) is 2.76. The lowest BCUT2D eigenvalue weighted by Gasteiger charge is -1.97. The Bertz CT molecular complexity index is 224. The molecule has 0 atom stereocenters. The molecule has 0 unspecified atom stereocenters. The van der Waals surface area contributed by atoms with Gasteiger partial charge >= 0.3 is 6.09 Å². The van der Waals surface area contributed by atoms with Gasteiger partial charge in [-0.15, -0.1) is 0 Å². The van der Waals surface area contributed by atoms with Crippen LogP contribution in [0.1, 0.15) is 6.42 Å². The van der Waals surface area contributed by atoms with Crippen LogP contribution in [0.4, 0.5) is 4.79 Å². The Balaban J connectivity index is 3.37. The molecule has 0 rings (SSSR count). The normalized spacial score (nSPS) is 11.0. The van der Waals surface area contributed by atoms with E-state index in [9.17, 15) is 13.2 Å². The Labute approximate surface area is 68.9 Å². The zero-order chi connectivity index (χ0) is 8.91. The van der Waals surface area contributed by atoms with Crippen LogP contribution in [0, 0.1) is 0 Å². The van der Waals surface area contributed by atoms with Crippen molar-refractivity contribution in [2.45, 2.75) is 6.42 Å². The Morgan fingerprint density at radius 3 is 2.45 bits per heavy atom. The second-order valence-electron chi connectivity index (χ2n) is 1.76. The quantitative estimate of drug-likeness (QED) is 0.514. The van der Waals surface area contributed by atoms with Crippen molar-refractivity contribution >= 4 is 25.8 Å². The van der Waals surface area contributed by atoms with Crippen molar-refractivity contribution < 1.29 is 17.9 Å². The Hall–Kier alpha value is -0.490. The number of hydrogen-bond acceptors (Lipinski definition) is 4. The Morgan fingerprint density at radius 1 is 1.55 bits per heavy atom. The minimum atomic E-state index is -3.48. The number of amides is 1. The lowest BCUT2D eigenvalue weighted by molar-refractivity contribution is 0.157. The summed E-state index contributed by atoms with van der Waals surface area (Å²) in [5.74, 6) is -0.220. The van der Waals surface area contributed by atoms with E-state index in [-0.39, 0.29) is 18.8 Å². The van der Waals surface area contributed by atoms with Gasteiger partial charge in [-0.2, -0.15) is 0 Å². The predicted octanol–water partition coefficient (Wildman–Crippen LogP) is 0.0404. The summed E-state index contributed by atoms with van der Waals surface area (Å²) in [5, 5.41) is 0. The lowest BCUT2D eigenvalue weighted by Crippen LogP contribution is -2.14. The summed E-state index contributed by atoms with van der Waals surface area (Å²) in [6.45, 7) is -0.0265. The summed E-state index contributed by atoms with van der Waals surface area (Å²) in [6, 6.07) is 0. The molecule has 0 heterocycles. The van der Waals surface area contributed by atoms with Crippen molar-refractivity contribution in [2.75, 3.05) is 12.4 Å². The molecule has 0 spiro atoms. The van der Waals surface area contributed by atoms with Crippen LogP contribution < -0.4 is 5.73 Å². The predicted molar refractivity (Wildman–Crippen MR) is 39.8 cm³/mol. The third-order valence-corrected chi connectivity index (χ3v) is 2.02. The molecular weight excluding hydrogens is 194 g/mol. The van der Waals surface area contributed by atoms with Gasteiger partial charge in [0.1, 0.15) is 0 Å². The van der Waals surface area contributed by atoms with Crippen molar-refractivity contribution in [2.24, 2.45) is 5.73 Å². The van der Waals surface area contributed by atoms with Gasteiger partial charge < -0.3 is 10.5 Å². The maximum Gasteiger partial charge on any atom is 0.404 e. The second kappa shape index (κ2) is 4.40. The first kappa shape index (κ1) is 10.5. The molecule has 0 radical (unpaired) electrons. The molecule has 1 amide bonds. The molecule has 0 saturated heterocycles. The number of halogens is 1. The average molecular weight is 202 g/mol. The van der Waals surface area contributed by atoms with Crippen LogP contribution in [0.5, 0.6) is 0 Å². The van der Waals surface area contributed by atoms with Gasteiger partial charge in [-0.3, -0.25) is 0 Å². The molecular formula is C4H8ClNO4S. The molecule has 0 aliphatic heterocycles. The molecule has 11 heavy (non-hydrogen) atoms. The van der Waals surface area contributed by atoms with Crippen LogP contribution in [0.25, 0.3) is 0 Å². The van der Waals surface area contributed by atoms with Gasteiger partial charge in [0.15, 0.2) is 0 Å². The zero-order valence-electron chi connectivity index (χ0n) is 5.62. The fourth-order valence-corrected chi connectivity index (χ4v) is 1.19. The Morgan fingerprint density at radius 2 is 2.09 bits per heavy atom. The number of carbonyl (C=O) groups is 1. The minimum absolute atomic E-state index is 0.0265. The SMILES string of the molecule is NC(=O)OCCCS(=O)(=O)Cl. The number of hydrogen-bond donors (Lipinski definition) is 1. The van der Waals surface area contributed by atoms with E-state index >= 15 is 0 Å². The molecule has 0 aliphatic rings. The number of nitrogens with two attached hydrogens (primary N) is 1. The molecule has 0 aliphatic carbocycles. The molecule has 66 valence electrons. The lowest BCUT2D eigenvalue weighted by atomic mass is 10.5. The van der Waals surface area contributed by atoms with Gasteiger partial charge in [-0.1, -0.05) is 0 Å². The number of primary amides is 1. The van der Waals surface area contributed by atoms with Crippen molar-refractivity contribution in [1.82, 2.24) is 0 Å². The fourth-order valence-electron chi connectivity index (χ4n) is 0.404. The highest BCUT2D eigenvalue weighted by atomic mass is 35.7. The van der Waals surface area contributed by atoms with Crippen molar-refractivity contribution in [3.8, 4) is 0 Å². The maximum absolute atomic E-state index is 10.3. The van der Waals surface area contributed by atoms with Crippen LogP contribution in [-0.2, 0) is 13.8 Å². The van der Waals surface area contributed by atoms with Crippen LogP contribution in [0.3, 0.4) is 0 Å². The molecule has 0 aromatic rings. The molecule has 0 aromatic heterocycles. The maximum atomic E-state index is 10.3. The second-order valence-corrected chi connectivity index (χ2v) is 4.66. The van der Waals surface area contributed by atoms with Crippen molar-refractivity contribution in [3.05, 3.63) is 0 Å². The number of carbonyl (C=O) groups excluding carboxylic acids is 1. The van der Waals surface area contributed by atoms with Crippen molar-refractivity contribution in [1.29, 1.82) is 0 Å². The van der Waals surface area contributed by atoms with Gasteiger partial charge in [-0.25, -0.2) is 13.2 Å². The molecule has 0 fully saturated rings. The highest BCUT2D eigenvalue weighted by molar-refractivity contribution is 8.13. The molecule has 7 heteroatoms. The van der Waals surface area contributed by atoms with Gasteiger partial charge in [-0.05, 0) is 6.42 Å². The minimum Gasteiger partial charge on any atom is -0.450 e. The molecule has 0 aromatic carbocycles. The van der Waals surface area contributed by atoms with E-state index in [0.29, 0.717) is 0 Å². The molecule has 2 N–H and O–H groups in total. The van der Waals surface area contributed by atoms with Crippen molar-refractivity contribution in [3.63, 3.8) is 0 Å². The van der Waals surface area contributed by atoms with E-state index in [2.05, 4.69) is 10.5 Å². The first-order chi connectivity index (χ1) is 4.92. The smallest absolute Gasteiger partial charge is 0.404 e. The van der Waals surface area contributed by atoms with E-state index in [4.69, 9.17) is 10.7 Å². The summed E-state index contributed by atoms with van der Waals surface area (Å²) in [4.78, 5) is 9.94. The summed E-state index contributed by atoms with van der Waals surface area (Å²) in [6.07, 6.45) is -0.758. The van der Waals surface area contributed by atoms with Gasteiger partial charge in [0, 0.05) is 10.7 Å². The molecule has 0 saturated carbocycles. The van der Waals surface area contributed by atoms with Crippen LogP contribution in [0.2, 0.25) is 0 Å². The van der Waals surface area contributed by atoms with Gasteiger partial charge in [0.25, 0.3) is 0 Å². The van der Waals surface area contributed by atoms with E-state index < -0.39 is 15.1 Å². The largest absolute Gasteiger partial charge is 0.450 e. The zero-order valence-corrected chi connectivity index (χ0v) is 7.19. The summed E-state index contributed by atoms with van der Waals surface area (Å²) in [7, 11) is 1.37. The number of rotatable bonds is 4. The topological polar surface area (TPSA) is 86.5 Å². The third-order valence-electron chi connectivity index (χ3n) is 0.777. The third kappa shape index (κ3) is 9.51. The van der Waals surface area contributed by atoms with E-state index in [1.54, 1.807) is 0 Å². The van der Waals surface area contributed by atoms with E-state index in [1.807, 2.05) is 0 Å². The molecule has 0 bridgehead atoms. The standard InChI is InChI=1S/C4H8ClNO4S/c5-11(8,9)3-1-2-10-4(6)7/h1-3H2,(H2,6,7). The highest BCUT2D eigenvalue weighted by Crippen LogP contribution is 1.98. The fraction of sp³-hybridized carbons (Fsp3) is 0.750.